The van der Waals surface area contributed by atoms with E-state index in [1.165, 1.54) is 0 Å². The molecule has 21 heavy (non-hydrogen) atoms. The lowest BCUT2D eigenvalue weighted by atomic mass is 9.98. The second-order valence-corrected chi connectivity index (χ2v) is 5.94. The number of furan rings is 1. The molecule has 0 spiro atoms. The molecule has 0 bridgehead atoms. The average molecular weight is 281 g/mol. The molecule has 3 heteroatoms. The van der Waals surface area contributed by atoms with Gasteiger partial charge in [-0.2, -0.15) is 0 Å². The molecule has 2 aromatic carbocycles. The Bertz CT molecular complexity index is 792. The molecule has 0 aliphatic carbocycles. The minimum absolute atomic E-state index is 0.0759. The van der Waals surface area contributed by atoms with Crippen molar-refractivity contribution in [2.45, 2.75) is 38.0 Å². The highest BCUT2D eigenvalue weighted by atomic mass is 16.5. The van der Waals surface area contributed by atoms with Gasteiger partial charge in [0.15, 0.2) is 0 Å². The fourth-order valence-corrected chi connectivity index (χ4v) is 3.26. The normalized spacial score (nSPS) is 23.9. The van der Waals surface area contributed by atoms with Gasteiger partial charge in [0.2, 0.25) is 0 Å². The Kier molecular flexibility index (Phi) is 2.98. The van der Waals surface area contributed by atoms with Gasteiger partial charge in [-0.1, -0.05) is 24.3 Å². The topological polar surface area (TPSA) is 48.4 Å². The lowest BCUT2D eigenvalue weighted by Gasteiger charge is -2.19. The van der Waals surface area contributed by atoms with E-state index in [9.17, 15) is 0 Å². The third-order valence-corrected chi connectivity index (χ3v) is 4.45. The van der Waals surface area contributed by atoms with Crippen LogP contribution in [0.25, 0.3) is 21.9 Å². The Morgan fingerprint density at radius 1 is 1.05 bits per heavy atom. The largest absolute Gasteiger partial charge is 0.456 e. The summed E-state index contributed by atoms with van der Waals surface area (Å²) >= 11 is 0. The van der Waals surface area contributed by atoms with Crippen LogP contribution < -0.4 is 5.73 Å². The maximum atomic E-state index is 6.41. The number of ether oxygens (including phenoxy) is 1. The van der Waals surface area contributed by atoms with Crippen LogP contribution in [-0.2, 0) is 4.74 Å². The van der Waals surface area contributed by atoms with E-state index in [4.69, 9.17) is 14.9 Å². The molecule has 3 atom stereocenters. The molecule has 108 valence electrons. The van der Waals surface area contributed by atoms with Crippen LogP contribution in [0.4, 0.5) is 0 Å². The Labute approximate surface area is 123 Å². The molecule has 3 nitrogen and oxygen atoms in total. The molecule has 1 aromatic heterocycles. The van der Waals surface area contributed by atoms with Crippen molar-refractivity contribution in [2.75, 3.05) is 0 Å². The summed E-state index contributed by atoms with van der Waals surface area (Å²) in [4.78, 5) is 0. The van der Waals surface area contributed by atoms with E-state index in [2.05, 4.69) is 25.1 Å². The first-order chi connectivity index (χ1) is 10.2. The molecule has 1 saturated heterocycles. The van der Waals surface area contributed by atoms with E-state index in [0.717, 1.165) is 40.3 Å². The molecular formula is C18H19NO2. The molecule has 1 aliphatic rings. The first-order valence-electron chi connectivity index (χ1n) is 7.54. The highest BCUT2D eigenvalue weighted by molar-refractivity contribution is 6.05. The third-order valence-electron chi connectivity index (χ3n) is 4.45. The fourth-order valence-electron chi connectivity index (χ4n) is 3.26. The lowest BCUT2D eigenvalue weighted by Crippen LogP contribution is -2.26. The van der Waals surface area contributed by atoms with Crippen LogP contribution in [0.5, 0.6) is 0 Å². The molecule has 1 fully saturated rings. The number of rotatable bonds is 2. The first-order valence-corrected chi connectivity index (χ1v) is 7.54. The van der Waals surface area contributed by atoms with Crippen molar-refractivity contribution >= 4 is 21.9 Å². The molecule has 2 N–H and O–H groups in total. The number of para-hydroxylation sites is 1. The molecule has 0 amide bonds. The maximum Gasteiger partial charge on any atom is 0.135 e. The highest BCUT2D eigenvalue weighted by Gasteiger charge is 2.28. The highest BCUT2D eigenvalue weighted by Crippen LogP contribution is 2.33. The van der Waals surface area contributed by atoms with E-state index in [1.54, 1.807) is 0 Å². The molecule has 3 aromatic rings. The molecule has 1 aliphatic heterocycles. The number of nitrogens with two attached hydrogens (primary N) is 1. The van der Waals surface area contributed by atoms with Crippen molar-refractivity contribution in [3.8, 4) is 0 Å². The summed E-state index contributed by atoms with van der Waals surface area (Å²) in [6.45, 7) is 2.11. The van der Waals surface area contributed by atoms with Gasteiger partial charge in [-0.05, 0) is 43.5 Å². The molecule has 4 rings (SSSR count). The summed E-state index contributed by atoms with van der Waals surface area (Å²) < 4.78 is 11.8. The number of hydrogen-bond donors (Lipinski definition) is 1. The minimum Gasteiger partial charge on any atom is -0.456 e. The molecule has 2 heterocycles. The third kappa shape index (κ3) is 2.13. The summed E-state index contributed by atoms with van der Waals surface area (Å²) in [6.07, 6.45) is 2.57. The maximum absolute atomic E-state index is 6.41. The van der Waals surface area contributed by atoms with Gasteiger partial charge >= 0.3 is 0 Å². The van der Waals surface area contributed by atoms with Gasteiger partial charge in [0.05, 0.1) is 18.2 Å². The standard InChI is InChI=1S/C18H19NO2/c1-11-6-8-17(20-11)18(19)12-7-9-16-14(10-12)13-4-2-3-5-15(13)21-16/h2-5,7,9-11,17-18H,6,8,19H2,1H3. The predicted molar refractivity (Wildman–Crippen MR) is 84.2 cm³/mol. The second kappa shape index (κ2) is 4.86. The van der Waals surface area contributed by atoms with Crippen molar-refractivity contribution in [2.24, 2.45) is 5.73 Å². The monoisotopic (exact) mass is 281 g/mol. The zero-order chi connectivity index (χ0) is 14.4. The van der Waals surface area contributed by atoms with E-state index in [1.807, 2.05) is 24.3 Å². The predicted octanol–water partition coefficient (Wildman–Crippen LogP) is 4.15. The van der Waals surface area contributed by atoms with Gasteiger partial charge in [-0.15, -0.1) is 0 Å². The van der Waals surface area contributed by atoms with Crippen molar-refractivity contribution in [1.82, 2.24) is 0 Å². The Balaban J connectivity index is 1.77. The summed E-state index contributed by atoms with van der Waals surface area (Å²) in [5.41, 5.74) is 9.36. The average Bonchev–Trinajstić information content (AvgIpc) is 3.09. The van der Waals surface area contributed by atoms with Gasteiger partial charge in [0, 0.05) is 10.8 Å². The molecule has 0 radical (unpaired) electrons. The quantitative estimate of drug-likeness (QED) is 0.767. The van der Waals surface area contributed by atoms with Gasteiger partial charge in [-0.25, -0.2) is 0 Å². The summed E-state index contributed by atoms with van der Waals surface area (Å²) in [5, 5.41) is 2.27. The number of fused-ring (bicyclic) bond motifs is 3. The SMILES string of the molecule is CC1CCC(C(N)c2ccc3oc4ccccc4c3c2)O1. The Morgan fingerprint density at radius 2 is 1.86 bits per heavy atom. The molecular weight excluding hydrogens is 262 g/mol. The van der Waals surface area contributed by atoms with Gasteiger partial charge in [0.25, 0.3) is 0 Å². The zero-order valence-corrected chi connectivity index (χ0v) is 12.1. The number of benzene rings is 2. The van der Waals surface area contributed by atoms with Gasteiger partial charge in [-0.3, -0.25) is 0 Å². The Hall–Kier alpha value is -1.84. The van der Waals surface area contributed by atoms with Crippen LogP contribution in [0.2, 0.25) is 0 Å². The molecule has 3 unspecified atom stereocenters. The van der Waals surface area contributed by atoms with Crippen LogP contribution in [0, 0.1) is 0 Å². The van der Waals surface area contributed by atoms with Crippen molar-refractivity contribution in [3.05, 3.63) is 48.0 Å². The minimum atomic E-state index is -0.0759. The van der Waals surface area contributed by atoms with E-state index >= 15 is 0 Å². The summed E-state index contributed by atoms with van der Waals surface area (Å²) in [6, 6.07) is 14.3. The van der Waals surface area contributed by atoms with E-state index < -0.39 is 0 Å². The smallest absolute Gasteiger partial charge is 0.135 e. The second-order valence-electron chi connectivity index (χ2n) is 5.94. The Morgan fingerprint density at radius 3 is 2.67 bits per heavy atom. The zero-order valence-electron chi connectivity index (χ0n) is 12.1. The van der Waals surface area contributed by atoms with E-state index in [-0.39, 0.29) is 12.1 Å². The summed E-state index contributed by atoms with van der Waals surface area (Å²) in [7, 11) is 0. The van der Waals surface area contributed by atoms with Crippen LogP contribution in [0.3, 0.4) is 0 Å². The lowest BCUT2D eigenvalue weighted by molar-refractivity contribution is 0.0401. The first kappa shape index (κ1) is 12.9. The van der Waals surface area contributed by atoms with Gasteiger partial charge in [0.1, 0.15) is 11.2 Å². The van der Waals surface area contributed by atoms with Crippen LogP contribution in [0.15, 0.2) is 46.9 Å². The van der Waals surface area contributed by atoms with Crippen LogP contribution >= 0.6 is 0 Å². The van der Waals surface area contributed by atoms with Crippen molar-refractivity contribution in [1.29, 1.82) is 0 Å². The van der Waals surface area contributed by atoms with Crippen LogP contribution in [0.1, 0.15) is 31.4 Å². The number of hydrogen-bond acceptors (Lipinski definition) is 3. The van der Waals surface area contributed by atoms with Gasteiger partial charge < -0.3 is 14.9 Å². The fraction of sp³-hybridized carbons (Fsp3) is 0.333. The molecule has 0 saturated carbocycles. The van der Waals surface area contributed by atoms with Crippen molar-refractivity contribution in [3.63, 3.8) is 0 Å². The van der Waals surface area contributed by atoms with E-state index in [0.29, 0.717) is 6.10 Å². The van der Waals surface area contributed by atoms with Crippen molar-refractivity contribution < 1.29 is 9.15 Å². The van der Waals surface area contributed by atoms with Crippen LogP contribution in [-0.4, -0.2) is 12.2 Å². The summed E-state index contributed by atoms with van der Waals surface area (Å²) in [5.74, 6) is 0.